The maximum absolute atomic E-state index is 12.7. The molecule has 16 heavy (non-hydrogen) atoms. The van der Waals surface area contributed by atoms with E-state index in [1.54, 1.807) is 0 Å². The second-order valence-corrected chi connectivity index (χ2v) is 4.14. The third-order valence-electron chi connectivity index (χ3n) is 1.95. The van der Waals surface area contributed by atoms with Crippen LogP contribution < -0.4 is 0 Å². The van der Waals surface area contributed by atoms with Gasteiger partial charge in [0.15, 0.2) is 4.88 Å². The van der Waals surface area contributed by atoms with E-state index in [0.29, 0.717) is 11.3 Å². The van der Waals surface area contributed by atoms with E-state index in [2.05, 4.69) is 4.37 Å². The first kappa shape index (κ1) is 11.0. The van der Waals surface area contributed by atoms with Crippen LogP contribution in [0, 0.1) is 5.82 Å². The Labute approximate surface area is 99.3 Å². The lowest BCUT2D eigenvalue weighted by Crippen LogP contribution is -1.92. The summed E-state index contributed by atoms with van der Waals surface area (Å²) in [7, 11) is 0. The van der Waals surface area contributed by atoms with Gasteiger partial charge >= 0.3 is 5.97 Å². The van der Waals surface area contributed by atoms with Crippen LogP contribution in [0.25, 0.3) is 11.3 Å². The SMILES string of the molecule is O=C(O)c1snc(-c2ccc(F)cc2)c1Cl. The molecule has 0 spiro atoms. The Hall–Kier alpha value is -1.46. The summed E-state index contributed by atoms with van der Waals surface area (Å²) in [6.07, 6.45) is 0. The van der Waals surface area contributed by atoms with E-state index in [1.807, 2.05) is 0 Å². The number of nitrogens with zero attached hydrogens (tertiary/aromatic N) is 1. The molecule has 1 aromatic carbocycles. The fraction of sp³-hybridized carbons (Fsp3) is 0. The van der Waals surface area contributed by atoms with Crippen LogP contribution in [0.4, 0.5) is 4.39 Å². The van der Waals surface area contributed by atoms with Crippen LogP contribution in [0.2, 0.25) is 5.02 Å². The van der Waals surface area contributed by atoms with E-state index in [1.165, 1.54) is 24.3 Å². The third kappa shape index (κ3) is 1.91. The van der Waals surface area contributed by atoms with Crippen molar-refractivity contribution in [2.45, 2.75) is 0 Å². The topological polar surface area (TPSA) is 50.2 Å². The summed E-state index contributed by atoms with van der Waals surface area (Å²) in [5.74, 6) is -1.48. The molecule has 0 radical (unpaired) electrons. The number of hydrogen-bond acceptors (Lipinski definition) is 3. The quantitative estimate of drug-likeness (QED) is 0.898. The highest BCUT2D eigenvalue weighted by molar-refractivity contribution is 7.09. The molecule has 2 aromatic rings. The van der Waals surface area contributed by atoms with Gasteiger partial charge in [0.2, 0.25) is 0 Å². The van der Waals surface area contributed by atoms with Gasteiger partial charge in [0.25, 0.3) is 0 Å². The Morgan fingerprint density at radius 2 is 2.00 bits per heavy atom. The van der Waals surface area contributed by atoms with Gasteiger partial charge in [-0.05, 0) is 35.8 Å². The summed E-state index contributed by atoms with van der Waals surface area (Å²) < 4.78 is 16.6. The number of carboxylic acid groups (broad SMARTS) is 1. The van der Waals surface area contributed by atoms with Crippen molar-refractivity contribution in [3.8, 4) is 11.3 Å². The minimum absolute atomic E-state index is 0.0130. The molecule has 0 fully saturated rings. The third-order valence-corrected chi connectivity index (χ3v) is 3.26. The number of halogens is 2. The number of benzene rings is 1. The average Bonchev–Trinajstić information content (AvgIpc) is 2.61. The van der Waals surface area contributed by atoms with E-state index in [9.17, 15) is 9.18 Å². The zero-order chi connectivity index (χ0) is 11.7. The molecule has 1 aromatic heterocycles. The number of aromatic nitrogens is 1. The molecule has 0 amide bonds. The second-order valence-electron chi connectivity index (χ2n) is 2.99. The van der Waals surface area contributed by atoms with E-state index >= 15 is 0 Å². The molecule has 6 heteroatoms. The molecule has 0 bridgehead atoms. The fourth-order valence-electron chi connectivity index (χ4n) is 1.20. The van der Waals surface area contributed by atoms with Crippen LogP contribution in [0.3, 0.4) is 0 Å². The number of aromatic carboxylic acids is 1. The van der Waals surface area contributed by atoms with Crippen molar-refractivity contribution in [3.05, 3.63) is 40.0 Å². The van der Waals surface area contributed by atoms with E-state index < -0.39 is 5.97 Å². The molecule has 82 valence electrons. The molecule has 0 saturated carbocycles. The first-order valence-electron chi connectivity index (χ1n) is 4.24. The van der Waals surface area contributed by atoms with Crippen molar-refractivity contribution >= 4 is 29.1 Å². The van der Waals surface area contributed by atoms with Crippen molar-refractivity contribution < 1.29 is 14.3 Å². The molecule has 0 saturated heterocycles. The van der Waals surface area contributed by atoms with Gasteiger partial charge in [0.1, 0.15) is 11.5 Å². The predicted octanol–water partition coefficient (Wildman–Crippen LogP) is 3.30. The number of carboxylic acids is 1. The lowest BCUT2D eigenvalue weighted by molar-refractivity contribution is 0.0702. The summed E-state index contributed by atoms with van der Waals surface area (Å²) in [6.45, 7) is 0. The van der Waals surface area contributed by atoms with Crippen LogP contribution in [0.15, 0.2) is 24.3 Å². The highest BCUT2D eigenvalue weighted by atomic mass is 35.5. The van der Waals surface area contributed by atoms with Gasteiger partial charge in [0.05, 0.1) is 5.02 Å². The minimum Gasteiger partial charge on any atom is -0.477 e. The Bertz CT molecular complexity index is 538. The van der Waals surface area contributed by atoms with Crippen molar-refractivity contribution in [2.75, 3.05) is 0 Å². The zero-order valence-electron chi connectivity index (χ0n) is 7.78. The number of carbonyl (C=O) groups is 1. The molecule has 1 N–H and O–H groups in total. The Morgan fingerprint density at radius 3 is 2.50 bits per heavy atom. The normalized spacial score (nSPS) is 10.4. The lowest BCUT2D eigenvalue weighted by Gasteiger charge is -1.97. The highest BCUT2D eigenvalue weighted by Gasteiger charge is 2.18. The summed E-state index contributed by atoms with van der Waals surface area (Å²) in [5.41, 5.74) is 0.958. The van der Waals surface area contributed by atoms with Gasteiger partial charge in [-0.3, -0.25) is 0 Å². The zero-order valence-corrected chi connectivity index (χ0v) is 9.35. The summed E-state index contributed by atoms with van der Waals surface area (Å²) >= 11 is 6.68. The van der Waals surface area contributed by atoms with Crippen LogP contribution in [-0.2, 0) is 0 Å². The van der Waals surface area contributed by atoms with Crippen molar-refractivity contribution in [1.82, 2.24) is 4.37 Å². The van der Waals surface area contributed by atoms with Gasteiger partial charge < -0.3 is 5.11 Å². The molecule has 0 unspecified atom stereocenters. The lowest BCUT2D eigenvalue weighted by atomic mass is 10.1. The standard InChI is InChI=1S/C10H5ClFNO2S/c11-7-8(13-16-9(7)10(14)15)5-1-3-6(12)4-2-5/h1-4H,(H,14,15). The Morgan fingerprint density at radius 1 is 1.38 bits per heavy atom. The first-order chi connectivity index (χ1) is 7.59. The molecule has 2 rings (SSSR count). The predicted molar refractivity (Wildman–Crippen MR) is 59.5 cm³/mol. The van der Waals surface area contributed by atoms with Crippen molar-refractivity contribution in [3.63, 3.8) is 0 Å². The maximum atomic E-state index is 12.7. The van der Waals surface area contributed by atoms with Gasteiger partial charge in [-0.1, -0.05) is 11.6 Å². The molecular formula is C10H5ClFNO2S. The van der Waals surface area contributed by atoms with Gasteiger partial charge in [-0.15, -0.1) is 0 Å². The van der Waals surface area contributed by atoms with Gasteiger partial charge in [0, 0.05) is 5.56 Å². The first-order valence-corrected chi connectivity index (χ1v) is 5.39. The maximum Gasteiger partial charge on any atom is 0.349 e. The smallest absolute Gasteiger partial charge is 0.349 e. The highest BCUT2D eigenvalue weighted by Crippen LogP contribution is 2.32. The van der Waals surface area contributed by atoms with Crippen molar-refractivity contribution in [1.29, 1.82) is 0 Å². The summed E-state index contributed by atoms with van der Waals surface area (Å²) in [6, 6.07) is 5.54. The summed E-state index contributed by atoms with van der Waals surface area (Å²) in [5, 5.41) is 8.88. The van der Waals surface area contributed by atoms with Gasteiger partial charge in [-0.25, -0.2) is 9.18 Å². The number of rotatable bonds is 2. The largest absolute Gasteiger partial charge is 0.477 e. The summed E-state index contributed by atoms with van der Waals surface area (Å²) in [4.78, 5) is 10.7. The van der Waals surface area contributed by atoms with E-state index in [0.717, 1.165) is 11.5 Å². The second kappa shape index (κ2) is 4.19. The monoisotopic (exact) mass is 257 g/mol. The van der Waals surface area contributed by atoms with Gasteiger partial charge in [-0.2, -0.15) is 4.37 Å². The van der Waals surface area contributed by atoms with Crippen LogP contribution >= 0.6 is 23.1 Å². The average molecular weight is 258 g/mol. The molecule has 0 aliphatic heterocycles. The Balaban J connectivity index is 2.49. The Kier molecular flexibility index (Phi) is 2.89. The molecule has 0 atom stereocenters. The molecule has 0 aliphatic rings. The van der Waals surface area contributed by atoms with Crippen LogP contribution in [0.5, 0.6) is 0 Å². The molecule has 3 nitrogen and oxygen atoms in total. The van der Waals surface area contributed by atoms with E-state index in [-0.39, 0.29) is 15.7 Å². The molecular weight excluding hydrogens is 253 g/mol. The number of hydrogen-bond donors (Lipinski definition) is 1. The van der Waals surface area contributed by atoms with E-state index in [4.69, 9.17) is 16.7 Å². The van der Waals surface area contributed by atoms with Crippen LogP contribution in [0.1, 0.15) is 9.67 Å². The minimum atomic E-state index is -1.11. The molecule has 0 aliphatic carbocycles. The molecule has 1 heterocycles. The van der Waals surface area contributed by atoms with Crippen LogP contribution in [-0.4, -0.2) is 15.4 Å². The van der Waals surface area contributed by atoms with Crippen molar-refractivity contribution in [2.24, 2.45) is 0 Å². The fourth-order valence-corrected chi connectivity index (χ4v) is 2.22.